The molecule has 1 aromatic heterocycles. The van der Waals surface area contributed by atoms with Crippen LogP contribution in [0, 0.1) is 0 Å². The second kappa shape index (κ2) is 8.08. The predicted molar refractivity (Wildman–Crippen MR) is 91.8 cm³/mol. The van der Waals surface area contributed by atoms with Gasteiger partial charge in [0.15, 0.2) is 11.7 Å². The molecular weight excluding hydrogens is 310 g/mol. The molecule has 0 atom stereocenters. The fourth-order valence-corrected chi connectivity index (χ4v) is 3.32. The standard InChI is InChI=1S/C17H21N3O2S/c21-16(12-22-15-7-3-1-4-8-15)19-17-18-14(13-23-17)11-20-9-5-2-6-10-20/h1,3-4,7-8,13H,2,5-6,9-12H2,(H,18,19,21). The van der Waals surface area contributed by atoms with Crippen LogP contribution < -0.4 is 10.1 Å². The normalized spacial score (nSPS) is 15.3. The van der Waals surface area contributed by atoms with Crippen molar-refractivity contribution in [3.8, 4) is 5.75 Å². The first-order chi connectivity index (χ1) is 11.3. The SMILES string of the molecule is O=C(COc1ccccc1)Nc1nc(CN2CCCCC2)cs1. The molecule has 1 saturated heterocycles. The van der Waals surface area contributed by atoms with Gasteiger partial charge in [0.25, 0.3) is 5.91 Å². The molecule has 23 heavy (non-hydrogen) atoms. The average Bonchev–Trinajstić information content (AvgIpc) is 3.02. The number of piperidine rings is 1. The molecule has 0 aliphatic carbocycles. The summed E-state index contributed by atoms with van der Waals surface area (Å²) in [4.78, 5) is 18.8. The molecule has 1 fully saturated rings. The quantitative estimate of drug-likeness (QED) is 0.883. The summed E-state index contributed by atoms with van der Waals surface area (Å²) in [6.07, 6.45) is 3.87. The van der Waals surface area contributed by atoms with Crippen LogP contribution in [0.25, 0.3) is 0 Å². The van der Waals surface area contributed by atoms with E-state index >= 15 is 0 Å². The van der Waals surface area contributed by atoms with Crippen molar-refractivity contribution in [3.05, 3.63) is 41.4 Å². The second-order valence-corrected chi connectivity index (χ2v) is 6.49. The largest absolute Gasteiger partial charge is 0.484 e. The van der Waals surface area contributed by atoms with Gasteiger partial charge in [0.2, 0.25) is 0 Å². The first kappa shape index (κ1) is 16.0. The van der Waals surface area contributed by atoms with Crippen LogP contribution in [-0.2, 0) is 11.3 Å². The van der Waals surface area contributed by atoms with Gasteiger partial charge in [0.1, 0.15) is 5.75 Å². The highest BCUT2D eigenvalue weighted by molar-refractivity contribution is 7.13. The number of carbonyl (C=O) groups is 1. The monoisotopic (exact) mass is 331 g/mol. The Balaban J connectivity index is 1.45. The summed E-state index contributed by atoms with van der Waals surface area (Å²) in [5.41, 5.74) is 1.02. The summed E-state index contributed by atoms with van der Waals surface area (Å²) in [7, 11) is 0. The van der Waals surface area contributed by atoms with Crippen molar-refractivity contribution in [3.63, 3.8) is 0 Å². The average molecular weight is 331 g/mol. The predicted octanol–water partition coefficient (Wildman–Crippen LogP) is 3.15. The topological polar surface area (TPSA) is 54.5 Å². The smallest absolute Gasteiger partial charge is 0.264 e. The Kier molecular flexibility index (Phi) is 5.60. The Morgan fingerprint density at radius 1 is 1.22 bits per heavy atom. The third-order valence-corrected chi connectivity index (χ3v) is 4.55. The number of rotatable bonds is 6. The maximum Gasteiger partial charge on any atom is 0.264 e. The number of benzene rings is 1. The van der Waals surface area contributed by atoms with Crippen molar-refractivity contribution >= 4 is 22.4 Å². The summed E-state index contributed by atoms with van der Waals surface area (Å²) in [5.74, 6) is 0.500. The number of nitrogens with zero attached hydrogens (tertiary/aromatic N) is 2. The van der Waals surface area contributed by atoms with E-state index in [1.165, 1.54) is 30.6 Å². The molecule has 2 aromatic rings. The van der Waals surface area contributed by atoms with Crippen LogP contribution in [0.2, 0.25) is 0 Å². The number of aromatic nitrogens is 1. The van der Waals surface area contributed by atoms with Crippen molar-refractivity contribution in [1.82, 2.24) is 9.88 Å². The van der Waals surface area contributed by atoms with Gasteiger partial charge in [-0.2, -0.15) is 0 Å². The second-order valence-electron chi connectivity index (χ2n) is 5.63. The molecule has 1 aliphatic rings. The van der Waals surface area contributed by atoms with Crippen LogP contribution in [0.5, 0.6) is 5.75 Å². The summed E-state index contributed by atoms with van der Waals surface area (Å²) in [6.45, 7) is 3.15. The van der Waals surface area contributed by atoms with Gasteiger partial charge < -0.3 is 4.74 Å². The summed E-state index contributed by atoms with van der Waals surface area (Å²) in [5, 5.41) is 5.45. The van der Waals surface area contributed by atoms with Crippen LogP contribution in [0.1, 0.15) is 25.0 Å². The molecule has 0 spiro atoms. The summed E-state index contributed by atoms with van der Waals surface area (Å²) in [6, 6.07) is 9.31. The van der Waals surface area contributed by atoms with Crippen molar-refractivity contribution in [1.29, 1.82) is 0 Å². The van der Waals surface area contributed by atoms with Crippen LogP contribution in [0.15, 0.2) is 35.7 Å². The Hall–Kier alpha value is -1.92. The number of hydrogen-bond donors (Lipinski definition) is 1. The number of nitrogens with one attached hydrogen (secondary N) is 1. The van der Waals surface area contributed by atoms with Crippen LogP contribution in [-0.4, -0.2) is 35.5 Å². The number of amides is 1. The highest BCUT2D eigenvalue weighted by Crippen LogP contribution is 2.19. The van der Waals surface area contributed by atoms with E-state index in [1.807, 2.05) is 35.7 Å². The highest BCUT2D eigenvalue weighted by atomic mass is 32.1. The minimum absolute atomic E-state index is 0.00888. The van der Waals surface area contributed by atoms with Gasteiger partial charge in [0.05, 0.1) is 5.69 Å². The van der Waals surface area contributed by atoms with Gasteiger partial charge in [-0.25, -0.2) is 4.98 Å². The zero-order chi connectivity index (χ0) is 15.9. The summed E-state index contributed by atoms with van der Waals surface area (Å²) < 4.78 is 5.42. The van der Waals surface area contributed by atoms with E-state index in [0.717, 1.165) is 25.3 Å². The Bertz CT molecular complexity index is 624. The molecule has 0 radical (unpaired) electrons. The van der Waals surface area contributed by atoms with Gasteiger partial charge >= 0.3 is 0 Å². The van der Waals surface area contributed by atoms with E-state index in [2.05, 4.69) is 15.2 Å². The van der Waals surface area contributed by atoms with Gasteiger partial charge in [-0.15, -0.1) is 11.3 Å². The first-order valence-electron chi connectivity index (χ1n) is 7.94. The van der Waals surface area contributed by atoms with E-state index in [9.17, 15) is 4.79 Å². The number of likely N-dealkylation sites (tertiary alicyclic amines) is 1. The molecular formula is C17H21N3O2S. The molecule has 6 heteroatoms. The molecule has 1 N–H and O–H groups in total. The lowest BCUT2D eigenvalue weighted by molar-refractivity contribution is -0.118. The zero-order valence-corrected chi connectivity index (χ0v) is 13.8. The van der Waals surface area contributed by atoms with Gasteiger partial charge in [0, 0.05) is 11.9 Å². The molecule has 1 amide bonds. The van der Waals surface area contributed by atoms with E-state index in [-0.39, 0.29) is 12.5 Å². The number of ether oxygens (including phenoxy) is 1. The number of carbonyl (C=O) groups excluding carboxylic acids is 1. The van der Waals surface area contributed by atoms with Crippen molar-refractivity contribution in [2.24, 2.45) is 0 Å². The van der Waals surface area contributed by atoms with Crippen molar-refractivity contribution in [2.45, 2.75) is 25.8 Å². The van der Waals surface area contributed by atoms with Crippen molar-refractivity contribution in [2.75, 3.05) is 25.0 Å². The van der Waals surface area contributed by atoms with E-state index < -0.39 is 0 Å². The molecule has 0 unspecified atom stereocenters. The Morgan fingerprint density at radius 3 is 2.78 bits per heavy atom. The minimum atomic E-state index is -0.187. The maximum absolute atomic E-state index is 11.9. The lowest BCUT2D eigenvalue weighted by Crippen LogP contribution is -2.29. The number of hydrogen-bond acceptors (Lipinski definition) is 5. The molecule has 1 aromatic carbocycles. The molecule has 0 saturated carbocycles. The van der Waals surface area contributed by atoms with Crippen LogP contribution in [0.3, 0.4) is 0 Å². The van der Waals surface area contributed by atoms with Crippen molar-refractivity contribution < 1.29 is 9.53 Å². The maximum atomic E-state index is 11.9. The molecule has 2 heterocycles. The molecule has 1 aliphatic heterocycles. The minimum Gasteiger partial charge on any atom is -0.484 e. The molecule has 3 rings (SSSR count). The number of para-hydroxylation sites is 1. The summed E-state index contributed by atoms with van der Waals surface area (Å²) >= 11 is 1.46. The van der Waals surface area contributed by atoms with E-state index in [0.29, 0.717) is 10.9 Å². The number of anilines is 1. The lowest BCUT2D eigenvalue weighted by atomic mass is 10.1. The zero-order valence-electron chi connectivity index (χ0n) is 13.0. The molecule has 122 valence electrons. The Labute approximate surface area is 140 Å². The molecule has 5 nitrogen and oxygen atoms in total. The third-order valence-electron chi connectivity index (χ3n) is 3.75. The molecule has 0 bridgehead atoms. The third kappa shape index (κ3) is 5.04. The van der Waals surface area contributed by atoms with Gasteiger partial charge in [-0.1, -0.05) is 24.6 Å². The fraction of sp³-hybridized carbons (Fsp3) is 0.412. The van der Waals surface area contributed by atoms with Crippen LogP contribution >= 0.6 is 11.3 Å². The Morgan fingerprint density at radius 2 is 2.00 bits per heavy atom. The van der Waals surface area contributed by atoms with E-state index in [4.69, 9.17) is 4.74 Å². The fourth-order valence-electron chi connectivity index (χ4n) is 2.60. The van der Waals surface area contributed by atoms with E-state index in [1.54, 1.807) is 0 Å². The van der Waals surface area contributed by atoms with Gasteiger partial charge in [-0.05, 0) is 38.1 Å². The first-order valence-corrected chi connectivity index (χ1v) is 8.82. The highest BCUT2D eigenvalue weighted by Gasteiger charge is 2.13. The van der Waals surface area contributed by atoms with Gasteiger partial charge in [-0.3, -0.25) is 15.0 Å². The lowest BCUT2D eigenvalue weighted by Gasteiger charge is -2.25. The number of thiazole rings is 1. The van der Waals surface area contributed by atoms with Crippen LogP contribution in [0.4, 0.5) is 5.13 Å².